The molecular formula is C13H20N2O2. The fraction of sp³-hybridized carbons (Fsp3) is 0.462. The van der Waals surface area contributed by atoms with Gasteiger partial charge in [0.15, 0.2) is 0 Å². The number of para-hydroxylation sites is 1. The van der Waals surface area contributed by atoms with Crippen LogP contribution in [0.15, 0.2) is 18.2 Å². The van der Waals surface area contributed by atoms with Gasteiger partial charge in [-0.25, -0.2) is 4.79 Å². The van der Waals surface area contributed by atoms with Crippen LogP contribution in [0.3, 0.4) is 0 Å². The van der Waals surface area contributed by atoms with Crippen molar-refractivity contribution in [1.82, 2.24) is 0 Å². The molecular weight excluding hydrogens is 216 g/mol. The smallest absolute Gasteiger partial charge is 0.340 e. The minimum absolute atomic E-state index is 0.371. The monoisotopic (exact) mass is 236 g/mol. The third-order valence-electron chi connectivity index (χ3n) is 2.53. The fourth-order valence-corrected chi connectivity index (χ4v) is 1.53. The van der Waals surface area contributed by atoms with Gasteiger partial charge in [-0.15, -0.1) is 0 Å². The Labute approximate surface area is 102 Å². The number of esters is 1. The summed E-state index contributed by atoms with van der Waals surface area (Å²) in [6, 6.07) is 5.22. The predicted molar refractivity (Wildman–Crippen MR) is 70.1 cm³/mol. The van der Waals surface area contributed by atoms with E-state index in [-0.39, 0.29) is 5.97 Å². The third kappa shape index (κ3) is 3.66. The number of nitrogens with one attached hydrogen (secondary N) is 1. The van der Waals surface area contributed by atoms with Crippen LogP contribution in [0.4, 0.5) is 11.4 Å². The highest BCUT2D eigenvalue weighted by Gasteiger charge is 2.13. The minimum atomic E-state index is -0.371. The van der Waals surface area contributed by atoms with Crippen LogP contribution < -0.4 is 11.1 Å². The summed E-state index contributed by atoms with van der Waals surface area (Å²) >= 11 is 0. The first-order valence-electron chi connectivity index (χ1n) is 5.77. The van der Waals surface area contributed by atoms with Gasteiger partial charge in [0, 0.05) is 6.54 Å². The van der Waals surface area contributed by atoms with Crippen molar-refractivity contribution in [2.24, 2.45) is 5.92 Å². The zero-order valence-corrected chi connectivity index (χ0v) is 10.6. The second-order valence-electron chi connectivity index (χ2n) is 4.37. The van der Waals surface area contributed by atoms with E-state index in [1.165, 1.54) is 7.11 Å². The van der Waals surface area contributed by atoms with Gasteiger partial charge in [0.25, 0.3) is 0 Å². The van der Waals surface area contributed by atoms with Crippen LogP contribution in [0.2, 0.25) is 0 Å². The molecule has 1 rings (SSSR count). The number of carbonyl (C=O) groups excluding carboxylic acids is 1. The quantitative estimate of drug-likeness (QED) is 0.609. The number of anilines is 2. The van der Waals surface area contributed by atoms with Crippen LogP contribution in [0.1, 0.15) is 30.6 Å². The number of nitrogens with two attached hydrogens (primary N) is 1. The lowest BCUT2D eigenvalue weighted by Crippen LogP contribution is -2.12. The summed E-state index contributed by atoms with van der Waals surface area (Å²) in [4.78, 5) is 11.6. The molecule has 94 valence electrons. The minimum Gasteiger partial charge on any atom is -0.465 e. The molecule has 0 amide bonds. The molecule has 0 unspecified atom stereocenters. The van der Waals surface area contributed by atoms with E-state index in [1.807, 2.05) is 0 Å². The molecule has 4 nitrogen and oxygen atoms in total. The largest absolute Gasteiger partial charge is 0.465 e. The highest BCUT2D eigenvalue weighted by atomic mass is 16.5. The predicted octanol–water partition coefficient (Wildman–Crippen LogP) is 2.51. The van der Waals surface area contributed by atoms with Gasteiger partial charge in [-0.1, -0.05) is 19.9 Å². The van der Waals surface area contributed by atoms with Crippen LogP contribution in [0.25, 0.3) is 0 Å². The van der Waals surface area contributed by atoms with Crippen LogP contribution in [0.5, 0.6) is 0 Å². The Balaban J connectivity index is 2.84. The summed E-state index contributed by atoms with van der Waals surface area (Å²) in [7, 11) is 1.36. The molecule has 0 aliphatic heterocycles. The van der Waals surface area contributed by atoms with E-state index in [2.05, 4.69) is 19.2 Å². The van der Waals surface area contributed by atoms with Crippen molar-refractivity contribution in [2.75, 3.05) is 24.7 Å². The molecule has 0 heterocycles. The van der Waals surface area contributed by atoms with E-state index >= 15 is 0 Å². The van der Waals surface area contributed by atoms with Crippen LogP contribution in [-0.2, 0) is 4.74 Å². The molecule has 0 spiro atoms. The highest BCUT2D eigenvalue weighted by molar-refractivity contribution is 5.98. The summed E-state index contributed by atoms with van der Waals surface area (Å²) in [6.45, 7) is 5.09. The summed E-state index contributed by atoms with van der Waals surface area (Å²) in [6.07, 6.45) is 1.02. The SMILES string of the molecule is COC(=O)c1cccc(N)c1NCCC(C)C. The zero-order valence-electron chi connectivity index (χ0n) is 10.6. The van der Waals surface area contributed by atoms with E-state index < -0.39 is 0 Å². The Morgan fingerprint density at radius 3 is 2.76 bits per heavy atom. The molecule has 0 atom stereocenters. The van der Waals surface area contributed by atoms with Gasteiger partial charge in [-0.2, -0.15) is 0 Å². The van der Waals surface area contributed by atoms with Crippen LogP contribution >= 0.6 is 0 Å². The van der Waals surface area contributed by atoms with Gasteiger partial charge in [0.05, 0.1) is 24.0 Å². The first-order valence-corrected chi connectivity index (χ1v) is 5.77. The van der Waals surface area contributed by atoms with E-state index in [4.69, 9.17) is 10.5 Å². The van der Waals surface area contributed by atoms with Crippen LogP contribution in [0, 0.1) is 5.92 Å². The lowest BCUT2D eigenvalue weighted by Gasteiger charge is -2.14. The Hall–Kier alpha value is -1.71. The van der Waals surface area contributed by atoms with E-state index in [0.717, 1.165) is 13.0 Å². The van der Waals surface area contributed by atoms with Gasteiger partial charge in [-0.3, -0.25) is 0 Å². The van der Waals surface area contributed by atoms with Crippen molar-refractivity contribution >= 4 is 17.3 Å². The van der Waals surface area contributed by atoms with Crippen molar-refractivity contribution < 1.29 is 9.53 Å². The number of rotatable bonds is 5. The molecule has 1 aromatic carbocycles. The molecule has 17 heavy (non-hydrogen) atoms. The number of nitrogen functional groups attached to an aromatic ring is 1. The number of ether oxygens (including phenoxy) is 1. The Bertz CT molecular complexity index is 389. The number of hydrogen-bond acceptors (Lipinski definition) is 4. The molecule has 0 aliphatic rings. The highest BCUT2D eigenvalue weighted by Crippen LogP contribution is 2.24. The first kappa shape index (κ1) is 13.4. The number of methoxy groups -OCH3 is 1. The molecule has 1 aromatic rings. The standard InChI is InChI=1S/C13H20N2O2/c1-9(2)7-8-15-12-10(13(16)17-3)5-4-6-11(12)14/h4-6,9,15H,7-8,14H2,1-3H3. The lowest BCUT2D eigenvalue weighted by atomic mass is 10.1. The van der Waals surface area contributed by atoms with Crippen molar-refractivity contribution in [3.05, 3.63) is 23.8 Å². The fourth-order valence-electron chi connectivity index (χ4n) is 1.53. The maximum atomic E-state index is 11.6. The summed E-state index contributed by atoms with van der Waals surface area (Å²) in [5.41, 5.74) is 7.58. The van der Waals surface area contributed by atoms with Gasteiger partial charge in [-0.05, 0) is 24.5 Å². The average Bonchev–Trinajstić information content (AvgIpc) is 2.29. The van der Waals surface area contributed by atoms with Gasteiger partial charge >= 0.3 is 5.97 Å². The topological polar surface area (TPSA) is 64.3 Å². The second-order valence-corrected chi connectivity index (χ2v) is 4.37. The molecule has 0 bridgehead atoms. The Kier molecular flexibility index (Phi) is 4.82. The molecule has 0 saturated heterocycles. The van der Waals surface area contributed by atoms with Crippen molar-refractivity contribution in [1.29, 1.82) is 0 Å². The van der Waals surface area contributed by atoms with Crippen molar-refractivity contribution in [3.8, 4) is 0 Å². The first-order chi connectivity index (χ1) is 8.06. The summed E-state index contributed by atoms with van der Waals surface area (Å²) in [5.74, 6) is 0.235. The maximum absolute atomic E-state index is 11.6. The molecule has 0 aromatic heterocycles. The maximum Gasteiger partial charge on any atom is 0.340 e. The molecule has 0 saturated carbocycles. The van der Waals surface area contributed by atoms with E-state index in [0.29, 0.717) is 22.9 Å². The molecule has 0 fully saturated rings. The molecule has 4 heteroatoms. The summed E-state index contributed by atoms with van der Waals surface area (Å²) in [5, 5.41) is 3.20. The Morgan fingerprint density at radius 1 is 1.47 bits per heavy atom. The molecule has 0 aliphatic carbocycles. The lowest BCUT2D eigenvalue weighted by molar-refractivity contribution is 0.0602. The average molecular weight is 236 g/mol. The van der Waals surface area contributed by atoms with E-state index in [9.17, 15) is 4.79 Å². The van der Waals surface area contributed by atoms with Crippen molar-refractivity contribution in [3.63, 3.8) is 0 Å². The van der Waals surface area contributed by atoms with Crippen molar-refractivity contribution in [2.45, 2.75) is 20.3 Å². The zero-order chi connectivity index (χ0) is 12.8. The Morgan fingerprint density at radius 2 is 2.18 bits per heavy atom. The van der Waals surface area contributed by atoms with Gasteiger partial charge in [0.2, 0.25) is 0 Å². The summed E-state index contributed by atoms with van der Waals surface area (Å²) < 4.78 is 4.72. The van der Waals surface area contributed by atoms with Gasteiger partial charge < -0.3 is 15.8 Å². The molecule has 0 radical (unpaired) electrons. The third-order valence-corrected chi connectivity index (χ3v) is 2.53. The molecule has 3 N–H and O–H groups in total. The van der Waals surface area contributed by atoms with Gasteiger partial charge in [0.1, 0.15) is 0 Å². The normalized spacial score (nSPS) is 10.4. The number of carbonyl (C=O) groups is 1. The number of hydrogen-bond donors (Lipinski definition) is 2. The second kappa shape index (κ2) is 6.13. The van der Waals surface area contributed by atoms with E-state index in [1.54, 1.807) is 18.2 Å². The number of benzene rings is 1. The van der Waals surface area contributed by atoms with Crippen LogP contribution in [-0.4, -0.2) is 19.6 Å².